The highest BCUT2D eigenvalue weighted by molar-refractivity contribution is 7.91. The first kappa shape index (κ1) is 23.0. The van der Waals surface area contributed by atoms with Gasteiger partial charge in [-0.3, -0.25) is 0 Å². The molecule has 1 atom stereocenters. The van der Waals surface area contributed by atoms with E-state index in [9.17, 15) is 13.3 Å². The maximum Gasteiger partial charge on any atom is 0.248 e. The van der Waals surface area contributed by atoms with Gasteiger partial charge >= 0.3 is 0 Å². The van der Waals surface area contributed by atoms with Gasteiger partial charge in [0, 0.05) is 36.8 Å². The lowest BCUT2D eigenvalue weighted by Gasteiger charge is -2.37. The molecule has 31 heavy (non-hydrogen) atoms. The first-order valence-electron chi connectivity index (χ1n) is 11.2. The zero-order chi connectivity index (χ0) is 22.4. The van der Waals surface area contributed by atoms with Crippen LogP contribution in [0.25, 0.3) is 0 Å². The van der Waals surface area contributed by atoms with Crippen LogP contribution in [-0.2, 0) is 22.5 Å². The van der Waals surface area contributed by atoms with Gasteiger partial charge < -0.3 is 14.0 Å². The Morgan fingerprint density at radius 1 is 1.19 bits per heavy atom. The topological polar surface area (TPSA) is 53.9 Å². The van der Waals surface area contributed by atoms with Crippen LogP contribution in [0.1, 0.15) is 70.4 Å². The SMILES string of the molecule is COC1CCC2(CC1)Cc1ccc(OCC3CC(F)(F)C3)cc1C2=N[S+]([O-])C(C)(C)C. The number of methoxy groups -OCH3 is 1. The highest BCUT2D eigenvalue weighted by atomic mass is 32.2. The average molecular weight is 454 g/mol. The number of nitrogens with zero attached hydrogens (tertiary/aromatic N) is 1. The van der Waals surface area contributed by atoms with Crippen molar-refractivity contribution in [2.45, 2.75) is 82.5 Å². The third kappa shape index (κ3) is 4.79. The summed E-state index contributed by atoms with van der Waals surface area (Å²) in [7, 11) is 1.76. The van der Waals surface area contributed by atoms with Gasteiger partial charge in [0.05, 0.1) is 12.7 Å². The molecule has 7 heteroatoms. The third-order valence-corrected chi connectivity index (χ3v) is 8.35. The van der Waals surface area contributed by atoms with Gasteiger partial charge in [0.15, 0.2) is 0 Å². The summed E-state index contributed by atoms with van der Waals surface area (Å²) >= 11 is -1.36. The fraction of sp³-hybridized carbons (Fsp3) is 0.708. The quantitative estimate of drug-likeness (QED) is 0.554. The van der Waals surface area contributed by atoms with Crippen molar-refractivity contribution in [2.75, 3.05) is 13.7 Å². The monoisotopic (exact) mass is 453 g/mol. The Balaban J connectivity index is 1.59. The lowest BCUT2D eigenvalue weighted by molar-refractivity contribution is -0.119. The summed E-state index contributed by atoms with van der Waals surface area (Å²) in [6.07, 6.45) is 4.78. The molecule has 3 aliphatic carbocycles. The van der Waals surface area contributed by atoms with Crippen LogP contribution in [0.3, 0.4) is 0 Å². The normalized spacial score (nSPS) is 27.2. The van der Waals surface area contributed by atoms with Crippen molar-refractivity contribution in [3.05, 3.63) is 29.3 Å². The standard InChI is InChI=1S/C24H33F2NO3S/c1-22(2,3)31(28)27-21-20-11-19(30-15-16-12-24(25,26)13-16)6-5-17(20)14-23(21)9-7-18(29-4)8-10-23/h5-6,11,16,18H,7-10,12-15H2,1-4H3. The Morgan fingerprint density at radius 3 is 2.45 bits per heavy atom. The summed E-state index contributed by atoms with van der Waals surface area (Å²) < 4.78 is 55.0. The minimum atomic E-state index is -2.53. The van der Waals surface area contributed by atoms with Crippen LogP contribution >= 0.6 is 0 Å². The molecule has 0 bridgehead atoms. The molecule has 172 valence electrons. The van der Waals surface area contributed by atoms with E-state index >= 15 is 0 Å². The van der Waals surface area contributed by atoms with Crippen molar-refractivity contribution in [3.8, 4) is 5.75 Å². The maximum atomic E-state index is 13.1. The van der Waals surface area contributed by atoms with Crippen molar-refractivity contribution >= 4 is 17.1 Å². The number of alkyl halides is 2. The minimum Gasteiger partial charge on any atom is -0.591 e. The van der Waals surface area contributed by atoms with E-state index in [0.717, 1.165) is 43.4 Å². The molecule has 2 saturated carbocycles. The number of ether oxygens (including phenoxy) is 2. The predicted octanol–water partition coefficient (Wildman–Crippen LogP) is 5.49. The maximum absolute atomic E-state index is 13.1. The Labute approximate surface area is 187 Å². The molecule has 0 aliphatic heterocycles. The summed E-state index contributed by atoms with van der Waals surface area (Å²) in [5.41, 5.74) is 3.01. The Bertz CT molecular complexity index is 836. The third-order valence-electron chi connectivity index (χ3n) is 6.95. The second kappa shape index (κ2) is 8.31. The van der Waals surface area contributed by atoms with E-state index in [4.69, 9.17) is 13.9 Å². The number of rotatable bonds is 5. The van der Waals surface area contributed by atoms with Gasteiger partial charge in [-0.2, -0.15) is 0 Å². The summed E-state index contributed by atoms with van der Waals surface area (Å²) in [4.78, 5) is 0. The van der Waals surface area contributed by atoms with Crippen molar-refractivity contribution in [1.29, 1.82) is 0 Å². The Hall–Kier alpha value is -1.18. The van der Waals surface area contributed by atoms with Gasteiger partial charge in [-0.1, -0.05) is 10.5 Å². The second-order valence-electron chi connectivity index (χ2n) is 10.5. The fourth-order valence-corrected chi connectivity index (χ4v) is 5.76. The Morgan fingerprint density at radius 2 is 1.87 bits per heavy atom. The summed E-state index contributed by atoms with van der Waals surface area (Å²) in [6.45, 7) is 6.11. The molecular weight excluding hydrogens is 420 g/mol. The van der Waals surface area contributed by atoms with Crippen LogP contribution in [0.5, 0.6) is 5.75 Å². The van der Waals surface area contributed by atoms with Gasteiger partial charge in [-0.25, -0.2) is 8.78 Å². The van der Waals surface area contributed by atoms with Gasteiger partial charge in [0.1, 0.15) is 27.6 Å². The molecule has 1 spiro atoms. The molecule has 0 heterocycles. The van der Waals surface area contributed by atoms with Crippen LogP contribution < -0.4 is 4.74 Å². The number of fused-ring (bicyclic) bond motifs is 1. The van der Waals surface area contributed by atoms with Gasteiger partial charge in [0.2, 0.25) is 5.92 Å². The molecule has 4 rings (SSSR count). The van der Waals surface area contributed by atoms with Crippen LogP contribution in [-0.4, -0.2) is 40.8 Å². The van der Waals surface area contributed by atoms with Gasteiger partial charge in [-0.15, -0.1) is 0 Å². The van der Waals surface area contributed by atoms with Crippen molar-refractivity contribution in [1.82, 2.24) is 0 Å². The molecule has 0 saturated heterocycles. The average Bonchev–Trinajstić information content (AvgIpc) is 2.97. The first-order valence-corrected chi connectivity index (χ1v) is 12.3. The highest BCUT2D eigenvalue weighted by Gasteiger charge is 2.48. The smallest absolute Gasteiger partial charge is 0.248 e. The van der Waals surface area contributed by atoms with E-state index < -0.39 is 22.0 Å². The number of hydrogen-bond acceptors (Lipinski definition) is 4. The second-order valence-corrected chi connectivity index (χ2v) is 12.4. The summed E-state index contributed by atoms with van der Waals surface area (Å²) in [6, 6.07) is 5.96. The van der Waals surface area contributed by atoms with E-state index in [1.54, 1.807) is 7.11 Å². The molecule has 4 nitrogen and oxygen atoms in total. The molecule has 0 N–H and O–H groups in total. The van der Waals surface area contributed by atoms with E-state index in [0.29, 0.717) is 12.4 Å². The predicted molar refractivity (Wildman–Crippen MR) is 119 cm³/mol. The van der Waals surface area contributed by atoms with Crippen LogP contribution in [0.2, 0.25) is 0 Å². The molecule has 0 aromatic heterocycles. The molecular formula is C24H33F2NO3S. The molecule has 1 unspecified atom stereocenters. The van der Waals surface area contributed by atoms with E-state index in [1.165, 1.54) is 5.56 Å². The lowest BCUT2D eigenvalue weighted by Crippen LogP contribution is -2.38. The highest BCUT2D eigenvalue weighted by Crippen LogP contribution is 2.49. The minimum absolute atomic E-state index is 0.0968. The lowest BCUT2D eigenvalue weighted by atomic mass is 9.70. The number of halogens is 2. The summed E-state index contributed by atoms with van der Waals surface area (Å²) in [5, 5.41) is 0. The van der Waals surface area contributed by atoms with Crippen molar-refractivity contribution in [2.24, 2.45) is 15.7 Å². The molecule has 0 radical (unpaired) electrons. The van der Waals surface area contributed by atoms with E-state index in [2.05, 4.69) is 6.07 Å². The first-order chi connectivity index (χ1) is 14.5. The number of benzene rings is 1. The number of hydrogen-bond donors (Lipinski definition) is 0. The van der Waals surface area contributed by atoms with E-state index in [-0.39, 0.29) is 30.3 Å². The van der Waals surface area contributed by atoms with Gasteiger partial charge in [0.25, 0.3) is 0 Å². The Kier molecular flexibility index (Phi) is 6.16. The van der Waals surface area contributed by atoms with Crippen LogP contribution in [0, 0.1) is 11.3 Å². The molecule has 1 aromatic rings. The molecule has 2 fully saturated rings. The van der Waals surface area contributed by atoms with Crippen molar-refractivity contribution < 1.29 is 22.8 Å². The van der Waals surface area contributed by atoms with Gasteiger partial charge in [-0.05, 0) is 70.6 Å². The largest absolute Gasteiger partial charge is 0.591 e. The van der Waals surface area contributed by atoms with E-state index in [1.807, 2.05) is 32.9 Å². The fourth-order valence-electron chi connectivity index (χ4n) is 5.03. The van der Waals surface area contributed by atoms with Crippen LogP contribution in [0.15, 0.2) is 22.6 Å². The molecule has 1 aromatic carbocycles. The zero-order valence-corrected chi connectivity index (χ0v) is 19.7. The zero-order valence-electron chi connectivity index (χ0n) is 18.9. The van der Waals surface area contributed by atoms with Crippen LogP contribution in [0.4, 0.5) is 8.78 Å². The molecule has 3 aliphatic rings. The summed E-state index contributed by atoms with van der Waals surface area (Å²) in [5.74, 6) is -1.96. The van der Waals surface area contributed by atoms with Crippen molar-refractivity contribution in [3.63, 3.8) is 0 Å². The molecule has 0 amide bonds.